The van der Waals surface area contributed by atoms with Gasteiger partial charge in [-0.25, -0.2) is 0 Å². The van der Waals surface area contributed by atoms with Gasteiger partial charge in [0.25, 0.3) is 5.69 Å². The Kier molecular flexibility index (Phi) is 4.15. The van der Waals surface area contributed by atoms with Crippen LogP contribution in [-0.2, 0) is 30.7 Å². The van der Waals surface area contributed by atoms with Gasteiger partial charge >= 0.3 is 0 Å². The van der Waals surface area contributed by atoms with Gasteiger partial charge < -0.3 is 9.47 Å². The Hall–Kier alpha value is -2.44. The molecule has 0 radical (unpaired) electrons. The minimum absolute atomic E-state index is 0.0889. The Morgan fingerprint density at radius 3 is 2.60 bits per heavy atom. The summed E-state index contributed by atoms with van der Waals surface area (Å²) in [6.07, 6.45) is 2.02. The summed E-state index contributed by atoms with van der Waals surface area (Å²) in [5.41, 5.74) is 4.48. The number of hydrogen-bond donors (Lipinski definition) is 0. The van der Waals surface area contributed by atoms with Crippen LogP contribution in [0.15, 0.2) is 36.4 Å². The highest BCUT2D eigenvalue weighted by Gasteiger charge is 2.27. The molecule has 6 nitrogen and oxygen atoms in total. The van der Waals surface area contributed by atoms with Crippen molar-refractivity contribution in [3.05, 3.63) is 68.8 Å². The summed E-state index contributed by atoms with van der Waals surface area (Å²) in [5, 5.41) is 11.2. The van der Waals surface area contributed by atoms with Crippen molar-refractivity contribution in [3.8, 4) is 5.75 Å². The molecule has 4 rings (SSSR count). The monoisotopic (exact) mass is 340 g/mol. The van der Waals surface area contributed by atoms with Crippen LogP contribution < -0.4 is 4.74 Å². The lowest BCUT2D eigenvalue weighted by molar-refractivity contribution is -0.385. The van der Waals surface area contributed by atoms with Crippen LogP contribution in [0, 0.1) is 10.1 Å². The van der Waals surface area contributed by atoms with Crippen LogP contribution in [0.25, 0.3) is 0 Å². The summed E-state index contributed by atoms with van der Waals surface area (Å²) in [7, 11) is 2.07. The van der Waals surface area contributed by atoms with Gasteiger partial charge in [0.05, 0.1) is 11.5 Å². The third-order valence-corrected chi connectivity index (χ3v) is 5.06. The quantitative estimate of drug-likeness (QED) is 0.632. The predicted octanol–water partition coefficient (Wildman–Crippen LogP) is 3.06. The first-order valence-electron chi connectivity index (χ1n) is 8.39. The number of nitro benzene ring substituents is 1. The van der Waals surface area contributed by atoms with Crippen LogP contribution in [-0.4, -0.2) is 29.7 Å². The third kappa shape index (κ3) is 3.10. The van der Waals surface area contributed by atoms with Gasteiger partial charge in [0.1, 0.15) is 5.75 Å². The van der Waals surface area contributed by atoms with Gasteiger partial charge in [0.2, 0.25) is 0 Å². The Balaban J connectivity index is 1.58. The number of nitrogens with zero attached hydrogens (tertiary/aromatic N) is 2. The van der Waals surface area contributed by atoms with E-state index in [4.69, 9.17) is 9.47 Å². The van der Waals surface area contributed by atoms with Gasteiger partial charge in [0.15, 0.2) is 6.79 Å². The number of ether oxygens (including phenoxy) is 2. The minimum atomic E-state index is -0.357. The molecular weight excluding hydrogens is 320 g/mol. The number of non-ortho nitro benzene ring substituents is 1. The molecule has 1 heterocycles. The Bertz CT molecular complexity index is 796. The van der Waals surface area contributed by atoms with Gasteiger partial charge in [-0.3, -0.25) is 15.0 Å². The van der Waals surface area contributed by atoms with Gasteiger partial charge in [-0.05, 0) is 31.0 Å². The number of fused-ring (bicyclic) bond motifs is 2. The summed E-state index contributed by atoms with van der Waals surface area (Å²) in [6.45, 7) is 1.15. The molecule has 2 aromatic carbocycles. The number of benzene rings is 2. The van der Waals surface area contributed by atoms with Crippen LogP contribution in [0.4, 0.5) is 5.69 Å². The third-order valence-electron chi connectivity index (χ3n) is 5.06. The van der Waals surface area contributed by atoms with Crippen molar-refractivity contribution >= 4 is 5.69 Å². The first kappa shape index (κ1) is 16.1. The first-order chi connectivity index (χ1) is 12.1. The molecule has 1 aliphatic carbocycles. The second kappa shape index (κ2) is 6.46. The number of likely N-dealkylation sites (N-methyl/N-ethyl adjacent to an activating group) is 1. The summed E-state index contributed by atoms with van der Waals surface area (Å²) in [6, 6.07) is 12.1. The molecule has 0 amide bonds. The van der Waals surface area contributed by atoms with Crippen LogP contribution in [0.2, 0.25) is 0 Å². The summed E-state index contributed by atoms with van der Waals surface area (Å²) in [4.78, 5) is 13.1. The molecule has 2 aromatic rings. The number of nitro groups is 1. The van der Waals surface area contributed by atoms with E-state index in [1.54, 1.807) is 12.1 Å². The predicted molar refractivity (Wildman–Crippen MR) is 92.5 cm³/mol. The molecule has 2 aliphatic rings. The second-order valence-electron chi connectivity index (χ2n) is 6.71. The highest BCUT2D eigenvalue weighted by atomic mass is 16.7. The molecule has 6 heteroatoms. The zero-order chi connectivity index (χ0) is 17.4. The largest absolute Gasteiger partial charge is 0.467 e. The van der Waals surface area contributed by atoms with Crippen LogP contribution in [0.5, 0.6) is 5.75 Å². The molecule has 0 N–H and O–H groups in total. The van der Waals surface area contributed by atoms with Gasteiger partial charge in [-0.15, -0.1) is 0 Å². The second-order valence-corrected chi connectivity index (χ2v) is 6.71. The lowest BCUT2D eigenvalue weighted by atomic mass is 10.1. The fourth-order valence-corrected chi connectivity index (χ4v) is 3.75. The highest BCUT2D eigenvalue weighted by molar-refractivity contribution is 5.50. The van der Waals surface area contributed by atoms with E-state index in [2.05, 4.69) is 36.2 Å². The average molecular weight is 340 g/mol. The molecule has 0 atom stereocenters. The first-order valence-corrected chi connectivity index (χ1v) is 8.39. The fourth-order valence-electron chi connectivity index (χ4n) is 3.75. The lowest BCUT2D eigenvalue weighted by Crippen LogP contribution is -2.32. The molecule has 0 saturated heterocycles. The van der Waals surface area contributed by atoms with E-state index in [0.717, 1.165) is 29.7 Å². The topological polar surface area (TPSA) is 64.8 Å². The van der Waals surface area contributed by atoms with Crippen LogP contribution in [0.1, 0.15) is 22.3 Å². The molecule has 0 saturated carbocycles. The zero-order valence-corrected chi connectivity index (χ0v) is 14.1. The SMILES string of the molecule is CN(Cc1cc([N+](=O)[O-])cc2c1OCOC2)C1Cc2ccccc2C1. The molecule has 0 bridgehead atoms. The van der Waals surface area contributed by atoms with E-state index in [0.29, 0.717) is 19.2 Å². The van der Waals surface area contributed by atoms with Crippen LogP contribution >= 0.6 is 0 Å². The maximum Gasteiger partial charge on any atom is 0.270 e. The molecule has 0 spiro atoms. The van der Waals surface area contributed by atoms with Crippen molar-refractivity contribution in [2.24, 2.45) is 0 Å². The van der Waals surface area contributed by atoms with E-state index in [1.165, 1.54) is 11.1 Å². The Morgan fingerprint density at radius 2 is 1.92 bits per heavy atom. The van der Waals surface area contributed by atoms with Gasteiger partial charge in [-0.2, -0.15) is 0 Å². The van der Waals surface area contributed by atoms with E-state index in [-0.39, 0.29) is 17.4 Å². The van der Waals surface area contributed by atoms with E-state index >= 15 is 0 Å². The molecule has 130 valence electrons. The molecule has 0 unspecified atom stereocenters. The Labute approximate surface area is 146 Å². The Morgan fingerprint density at radius 1 is 1.20 bits per heavy atom. The smallest absolute Gasteiger partial charge is 0.270 e. The standard InChI is InChI=1S/C19H20N2O4/c1-20(17-6-13-4-2-3-5-14(13)7-17)10-15-8-18(21(22)23)9-16-11-24-12-25-19(15)16/h2-5,8-9,17H,6-7,10-12H2,1H3. The normalized spacial score (nSPS) is 16.4. The summed E-state index contributed by atoms with van der Waals surface area (Å²) >= 11 is 0. The van der Waals surface area contributed by atoms with E-state index < -0.39 is 0 Å². The van der Waals surface area contributed by atoms with Crippen LogP contribution in [0.3, 0.4) is 0 Å². The van der Waals surface area contributed by atoms with E-state index in [9.17, 15) is 10.1 Å². The maximum atomic E-state index is 11.2. The van der Waals surface area contributed by atoms with Crippen molar-refractivity contribution in [1.29, 1.82) is 0 Å². The molecule has 0 fully saturated rings. The van der Waals surface area contributed by atoms with Crippen molar-refractivity contribution in [2.75, 3.05) is 13.8 Å². The van der Waals surface area contributed by atoms with Gasteiger partial charge in [0, 0.05) is 35.8 Å². The summed E-state index contributed by atoms with van der Waals surface area (Å²) in [5.74, 6) is 0.735. The zero-order valence-electron chi connectivity index (χ0n) is 14.1. The molecule has 25 heavy (non-hydrogen) atoms. The minimum Gasteiger partial charge on any atom is -0.467 e. The number of hydrogen-bond acceptors (Lipinski definition) is 5. The summed E-state index contributed by atoms with van der Waals surface area (Å²) < 4.78 is 10.9. The molecular formula is C19H20N2O4. The van der Waals surface area contributed by atoms with Crippen molar-refractivity contribution in [1.82, 2.24) is 4.90 Å². The molecule has 1 aliphatic heterocycles. The van der Waals surface area contributed by atoms with E-state index in [1.807, 2.05) is 0 Å². The molecule has 0 aromatic heterocycles. The van der Waals surface area contributed by atoms with Crippen molar-refractivity contribution in [2.45, 2.75) is 32.0 Å². The average Bonchev–Trinajstić information content (AvgIpc) is 3.06. The number of rotatable bonds is 4. The van der Waals surface area contributed by atoms with Gasteiger partial charge in [-0.1, -0.05) is 24.3 Å². The van der Waals surface area contributed by atoms with Crippen molar-refractivity contribution in [3.63, 3.8) is 0 Å². The maximum absolute atomic E-state index is 11.2. The highest BCUT2D eigenvalue weighted by Crippen LogP contribution is 2.34. The lowest BCUT2D eigenvalue weighted by Gasteiger charge is -2.27. The fraction of sp³-hybridized carbons (Fsp3) is 0.368. The van der Waals surface area contributed by atoms with Crippen molar-refractivity contribution < 1.29 is 14.4 Å².